The van der Waals surface area contributed by atoms with E-state index >= 15 is 0 Å². The predicted octanol–water partition coefficient (Wildman–Crippen LogP) is 2.73. The number of sulfonamides is 1. The summed E-state index contributed by atoms with van der Waals surface area (Å²) in [5.74, 6) is 0.212. The Morgan fingerprint density at radius 2 is 2.05 bits per heavy atom. The van der Waals surface area contributed by atoms with Crippen molar-refractivity contribution < 1.29 is 8.42 Å². The van der Waals surface area contributed by atoms with Crippen molar-refractivity contribution in [3.05, 3.63) is 26.7 Å². The Morgan fingerprint density at radius 3 is 2.63 bits per heavy atom. The first-order valence-electron chi connectivity index (χ1n) is 5.71. The van der Waals surface area contributed by atoms with Crippen molar-refractivity contribution in [3.8, 4) is 0 Å². The fourth-order valence-corrected chi connectivity index (χ4v) is 4.82. The van der Waals surface area contributed by atoms with Crippen molar-refractivity contribution in [1.29, 1.82) is 0 Å². The minimum Gasteiger partial charge on any atom is -0.330 e. The summed E-state index contributed by atoms with van der Waals surface area (Å²) in [5.41, 5.74) is 5.58. The van der Waals surface area contributed by atoms with E-state index in [2.05, 4.69) is 15.9 Å². The van der Waals surface area contributed by atoms with Gasteiger partial charge in [-0.3, -0.25) is 0 Å². The molecule has 1 aliphatic heterocycles. The average molecular weight is 388 g/mol. The van der Waals surface area contributed by atoms with Gasteiger partial charge in [0.1, 0.15) is 4.90 Å². The largest absolute Gasteiger partial charge is 0.330 e. The lowest BCUT2D eigenvalue weighted by atomic mass is 10.1. The van der Waals surface area contributed by atoms with Crippen LogP contribution in [0.4, 0.5) is 0 Å². The van der Waals surface area contributed by atoms with Gasteiger partial charge < -0.3 is 5.73 Å². The summed E-state index contributed by atoms with van der Waals surface area (Å²) < 4.78 is 27.0. The molecule has 0 spiro atoms. The van der Waals surface area contributed by atoms with Crippen LogP contribution < -0.4 is 5.73 Å². The molecule has 1 atom stereocenters. The van der Waals surface area contributed by atoms with Crippen LogP contribution in [-0.2, 0) is 10.0 Å². The van der Waals surface area contributed by atoms with Gasteiger partial charge in [0.25, 0.3) is 0 Å². The molecule has 2 rings (SSSR count). The lowest BCUT2D eigenvalue weighted by Crippen LogP contribution is -2.30. The van der Waals surface area contributed by atoms with E-state index in [1.807, 2.05) is 0 Å². The maximum atomic E-state index is 12.5. The molecule has 0 amide bonds. The van der Waals surface area contributed by atoms with Crippen LogP contribution in [0, 0.1) is 5.92 Å². The van der Waals surface area contributed by atoms with E-state index < -0.39 is 10.0 Å². The van der Waals surface area contributed by atoms with E-state index in [0.29, 0.717) is 29.1 Å². The molecule has 1 unspecified atom stereocenters. The van der Waals surface area contributed by atoms with Crippen LogP contribution in [0.25, 0.3) is 0 Å². The Kier molecular flexibility index (Phi) is 4.80. The molecule has 1 heterocycles. The van der Waals surface area contributed by atoms with Gasteiger partial charge in [-0.15, -0.1) is 0 Å². The first-order valence-corrected chi connectivity index (χ1v) is 8.70. The van der Waals surface area contributed by atoms with Crippen molar-refractivity contribution in [3.63, 3.8) is 0 Å². The van der Waals surface area contributed by atoms with Crippen molar-refractivity contribution in [2.24, 2.45) is 11.7 Å². The van der Waals surface area contributed by atoms with Crippen molar-refractivity contribution in [1.82, 2.24) is 4.31 Å². The zero-order chi connectivity index (χ0) is 14.2. The predicted molar refractivity (Wildman–Crippen MR) is 80.1 cm³/mol. The monoisotopic (exact) mass is 386 g/mol. The normalized spacial score (nSPS) is 20.9. The van der Waals surface area contributed by atoms with Gasteiger partial charge in [-0.05, 0) is 46.9 Å². The van der Waals surface area contributed by atoms with E-state index in [4.69, 9.17) is 28.9 Å². The Balaban J connectivity index is 2.38. The van der Waals surface area contributed by atoms with Gasteiger partial charge in [0.05, 0.1) is 10.0 Å². The molecule has 2 N–H and O–H groups in total. The van der Waals surface area contributed by atoms with E-state index in [0.717, 1.165) is 6.42 Å². The zero-order valence-corrected chi connectivity index (χ0v) is 13.9. The lowest BCUT2D eigenvalue weighted by Gasteiger charge is -2.17. The summed E-state index contributed by atoms with van der Waals surface area (Å²) in [6, 6.07) is 2.87. The summed E-state index contributed by atoms with van der Waals surface area (Å²) in [7, 11) is -3.59. The van der Waals surface area contributed by atoms with Gasteiger partial charge in [0.2, 0.25) is 10.0 Å². The number of halogens is 3. The lowest BCUT2D eigenvalue weighted by molar-refractivity contribution is 0.459. The highest BCUT2D eigenvalue weighted by Crippen LogP contribution is 2.34. The van der Waals surface area contributed by atoms with Gasteiger partial charge in [0.15, 0.2) is 0 Å². The minimum absolute atomic E-state index is 0.0723. The Morgan fingerprint density at radius 1 is 1.37 bits per heavy atom. The standard InChI is InChI=1S/C11H13BrCl2N2O2S/c12-8-3-11(10(14)4-9(8)13)19(17,18)16-2-1-7(5-15)6-16/h3-4,7H,1-2,5-6,15H2. The number of nitrogens with two attached hydrogens (primary N) is 1. The zero-order valence-electron chi connectivity index (χ0n) is 9.94. The average Bonchev–Trinajstić information content (AvgIpc) is 2.83. The van der Waals surface area contributed by atoms with Crippen molar-refractivity contribution in [2.45, 2.75) is 11.3 Å². The second-order valence-corrected chi connectivity index (χ2v) is 8.03. The first-order chi connectivity index (χ1) is 8.86. The Bertz CT molecular complexity index is 595. The fraction of sp³-hybridized carbons (Fsp3) is 0.455. The molecular weight excluding hydrogens is 375 g/mol. The van der Waals surface area contributed by atoms with Gasteiger partial charge in [-0.25, -0.2) is 8.42 Å². The van der Waals surface area contributed by atoms with Crippen molar-refractivity contribution in [2.75, 3.05) is 19.6 Å². The Labute approximate surface area is 131 Å². The molecule has 1 saturated heterocycles. The van der Waals surface area contributed by atoms with Crippen LogP contribution in [0.1, 0.15) is 6.42 Å². The second-order valence-electron chi connectivity index (χ2n) is 4.45. The molecule has 0 saturated carbocycles. The third kappa shape index (κ3) is 3.09. The third-order valence-electron chi connectivity index (χ3n) is 3.17. The molecule has 0 radical (unpaired) electrons. The van der Waals surface area contributed by atoms with E-state index in [1.165, 1.54) is 16.4 Å². The molecule has 106 valence electrons. The van der Waals surface area contributed by atoms with Gasteiger partial charge in [-0.1, -0.05) is 23.2 Å². The van der Waals surface area contributed by atoms with Crippen LogP contribution in [0.2, 0.25) is 10.0 Å². The molecule has 0 aliphatic carbocycles. The van der Waals surface area contributed by atoms with Gasteiger partial charge >= 0.3 is 0 Å². The number of rotatable bonds is 3. The molecule has 0 bridgehead atoms. The first kappa shape index (κ1) is 15.5. The molecule has 1 aliphatic rings. The van der Waals surface area contributed by atoms with Gasteiger partial charge in [-0.2, -0.15) is 4.31 Å². The second kappa shape index (κ2) is 5.87. The molecule has 19 heavy (non-hydrogen) atoms. The third-order valence-corrected chi connectivity index (χ3v) is 6.70. The highest BCUT2D eigenvalue weighted by atomic mass is 79.9. The maximum Gasteiger partial charge on any atom is 0.244 e. The van der Waals surface area contributed by atoms with Crippen LogP contribution in [-0.4, -0.2) is 32.4 Å². The van der Waals surface area contributed by atoms with E-state index in [9.17, 15) is 8.42 Å². The van der Waals surface area contributed by atoms with Crippen molar-refractivity contribution >= 4 is 49.2 Å². The number of benzene rings is 1. The molecular formula is C11H13BrCl2N2O2S. The molecule has 1 fully saturated rings. The SMILES string of the molecule is NCC1CCN(S(=O)(=O)c2cc(Br)c(Cl)cc2Cl)C1. The number of nitrogens with zero attached hydrogens (tertiary/aromatic N) is 1. The highest BCUT2D eigenvalue weighted by Gasteiger charge is 2.33. The molecule has 1 aromatic rings. The quantitative estimate of drug-likeness (QED) is 0.811. The Hall–Kier alpha value is 0.150. The van der Waals surface area contributed by atoms with E-state index in [1.54, 1.807) is 0 Å². The maximum absolute atomic E-state index is 12.5. The van der Waals surface area contributed by atoms with Crippen LogP contribution in [0.5, 0.6) is 0 Å². The molecule has 1 aromatic carbocycles. The van der Waals surface area contributed by atoms with Gasteiger partial charge in [0, 0.05) is 17.6 Å². The summed E-state index contributed by atoms with van der Waals surface area (Å²) in [6.45, 7) is 1.40. The molecule has 0 aromatic heterocycles. The summed E-state index contributed by atoms with van der Waals surface area (Å²) in [4.78, 5) is 0.0723. The van der Waals surface area contributed by atoms with E-state index in [-0.39, 0.29) is 15.8 Å². The number of hydrogen-bond acceptors (Lipinski definition) is 3. The fourth-order valence-electron chi connectivity index (χ4n) is 2.05. The number of hydrogen-bond donors (Lipinski definition) is 1. The van der Waals surface area contributed by atoms with Crippen LogP contribution in [0.3, 0.4) is 0 Å². The topological polar surface area (TPSA) is 63.4 Å². The summed E-state index contributed by atoms with van der Waals surface area (Å²) in [5, 5.41) is 0.509. The smallest absolute Gasteiger partial charge is 0.244 e. The van der Waals surface area contributed by atoms with Crippen LogP contribution in [0.15, 0.2) is 21.5 Å². The summed E-state index contributed by atoms with van der Waals surface area (Å²) >= 11 is 15.1. The molecule has 4 nitrogen and oxygen atoms in total. The highest BCUT2D eigenvalue weighted by molar-refractivity contribution is 9.10. The minimum atomic E-state index is -3.59. The van der Waals surface area contributed by atoms with Crippen LogP contribution >= 0.6 is 39.1 Å². The summed E-state index contributed by atoms with van der Waals surface area (Å²) in [6.07, 6.45) is 0.780. The molecule has 8 heteroatoms.